The lowest BCUT2D eigenvalue weighted by Crippen LogP contribution is -2.83. The Kier molecular flexibility index (Phi) is 11.0. The molecule has 0 radical (unpaired) electrons. The van der Waals surface area contributed by atoms with E-state index in [1.165, 1.54) is 20.8 Å². The first-order chi connectivity index (χ1) is 24.3. The van der Waals surface area contributed by atoms with E-state index in [1.54, 1.807) is 58.0 Å². The Morgan fingerprint density at radius 3 is 2.00 bits per heavy atom. The van der Waals surface area contributed by atoms with Gasteiger partial charge in [0.2, 0.25) is 0 Å². The third-order valence-electron chi connectivity index (χ3n) is 13.0. The summed E-state index contributed by atoms with van der Waals surface area (Å²) in [5, 5.41) is 26.7. The molecule has 3 fully saturated rings. The molecule has 12 nitrogen and oxygen atoms in total. The summed E-state index contributed by atoms with van der Waals surface area (Å²) >= 11 is 0. The molecule has 9 unspecified atom stereocenters. The Hall–Kier alpha value is -3.10. The number of carbonyl (C=O) groups excluding carboxylic acids is 4. The molecule has 52 heavy (non-hydrogen) atoms. The molecular weight excluding hydrogens is 689 g/mol. The molecule has 1 aromatic rings. The van der Waals surface area contributed by atoms with Gasteiger partial charge < -0.3 is 38.3 Å². The normalized spacial score (nSPS) is 36.5. The molecule has 0 amide bonds. The molecule has 13 heteroatoms. The molecule has 3 aliphatic carbocycles. The van der Waals surface area contributed by atoms with Gasteiger partial charge in [-0.15, -0.1) is 0 Å². The molecule has 1 heterocycles. The van der Waals surface area contributed by atoms with Crippen molar-refractivity contribution in [1.29, 1.82) is 0 Å². The zero-order chi connectivity index (χ0) is 38.6. The second kappa shape index (κ2) is 14.3. The van der Waals surface area contributed by atoms with Crippen LogP contribution in [0.3, 0.4) is 0 Å². The van der Waals surface area contributed by atoms with E-state index in [9.17, 15) is 29.4 Å². The number of benzene rings is 1. The van der Waals surface area contributed by atoms with Crippen molar-refractivity contribution >= 4 is 32.2 Å². The van der Waals surface area contributed by atoms with Crippen molar-refractivity contribution in [3.63, 3.8) is 0 Å². The molecule has 288 valence electrons. The number of aliphatic hydroxyl groups is 2. The molecule has 4 aliphatic rings. The van der Waals surface area contributed by atoms with Crippen LogP contribution in [-0.4, -0.2) is 96.8 Å². The van der Waals surface area contributed by atoms with Crippen LogP contribution in [0.4, 0.5) is 0 Å². The molecule has 2 N–H and O–H groups in total. The Morgan fingerprint density at radius 1 is 0.904 bits per heavy atom. The fourth-order valence-electron chi connectivity index (χ4n) is 9.92. The summed E-state index contributed by atoms with van der Waals surface area (Å²) in [4.78, 5) is 52.9. The first kappa shape index (κ1) is 40.1. The molecular formula is C39H56O12Si. The van der Waals surface area contributed by atoms with Gasteiger partial charge in [-0.2, -0.15) is 0 Å². The minimum Gasteiger partial charge on any atom is -0.458 e. The fraction of sp³-hybridized carbons (Fsp3) is 0.692. The van der Waals surface area contributed by atoms with Gasteiger partial charge in [-0.1, -0.05) is 59.7 Å². The van der Waals surface area contributed by atoms with Crippen LogP contribution in [0.25, 0.3) is 0 Å². The summed E-state index contributed by atoms with van der Waals surface area (Å²) in [5.41, 5.74) is -5.41. The average Bonchev–Trinajstić information content (AvgIpc) is 3.07. The van der Waals surface area contributed by atoms with Crippen molar-refractivity contribution in [2.75, 3.05) is 6.61 Å². The fourth-order valence-corrected chi connectivity index (χ4v) is 12.9. The number of aliphatic hydroxyl groups excluding tert-OH is 1. The number of esters is 4. The molecule has 10 atom stereocenters. The smallest absolute Gasteiger partial charge is 0.338 e. The molecule has 0 aromatic heterocycles. The molecule has 1 aromatic carbocycles. The van der Waals surface area contributed by atoms with Crippen molar-refractivity contribution in [2.45, 2.75) is 148 Å². The Morgan fingerprint density at radius 2 is 1.50 bits per heavy atom. The zero-order valence-electron chi connectivity index (χ0n) is 32.1. The standard InChI is InChI=1S/C39H56O12Si/c1-11-52(12-2,13-3)51-28-19-29-38(21-46-29,50-25(7)42)32-34(49-35(44)26-17-15-14-16-18-26)39(45)20-27(47-23(5)40)22(4)30(36(39,8)9)31(48-24(6)41)33(43)37(28,32)10/h14-18,27-29,31-34,43,45H,11-13,19-21H2,1-10H3/t27?,28?,29?,31?,32?,33?,34?,37-,38?,39?/m1/s1. The Balaban J connectivity index is 1.90. The van der Waals surface area contributed by atoms with Crippen LogP contribution in [0.15, 0.2) is 41.5 Å². The predicted octanol–water partition coefficient (Wildman–Crippen LogP) is 5.04. The van der Waals surface area contributed by atoms with E-state index in [4.69, 9.17) is 28.1 Å². The van der Waals surface area contributed by atoms with Crippen molar-refractivity contribution in [3.05, 3.63) is 47.0 Å². The number of fused-ring (bicyclic) bond motifs is 5. The Labute approximate surface area is 307 Å². The average molecular weight is 745 g/mol. The highest BCUT2D eigenvalue weighted by Crippen LogP contribution is 2.66. The molecule has 1 saturated heterocycles. The van der Waals surface area contributed by atoms with Gasteiger partial charge in [-0.05, 0) is 48.3 Å². The number of hydrogen-bond donors (Lipinski definition) is 2. The lowest BCUT2D eigenvalue weighted by atomic mass is 9.44. The third kappa shape index (κ3) is 6.23. The molecule has 2 saturated carbocycles. The maximum Gasteiger partial charge on any atom is 0.338 e. The lowest BCUT2D eigenvalue weighted by Gasteiger charge is -2.70. The topological polar surface area (TPSA) is 164 Å². The quantitative estimate of drug-likeness (QED) is 0.142. The van der Waals surface area contributed by atoms with E-state index in [2.05, 4.69) is 20.8 Å². The summed E-state index contributed by atoms with van der Waals surface area (Å²) in [5.74, 6) is -3.86. The minimum absolute atomic E-state index is 0.113. The van der Waals surface area contributed by atoms with Gasteiger partial charge in [0.1, 0.15) is 30.0 Å². The van der Waals surface area contributed by atoms with Crippen LogP contribution < -0.4 is 0 Å². The van der Waals surface area contributed by atoms with Crippen molar-refractivity contribution in [3.8, 4) is 0 Å². The summed E-state index contributed by atoms with van der Waals surface area (Å²) in [6.45, 7) is 16.9. The first-order valence-corrected chi connectivity index (χ1v) is 21.0. The molecule has 5 rings (SSSR count). The van der Waals surface area contributed by atoms with E-state index in [-0.39, 0.29) is 25.0 Å². The Bertz CT molecular complexity index is 1580. The predicted molar refractivity (Wildman–Crippen MR) is 191 cm³/mol. The van der Waals surface area contributed by atoms with Crippen LogP contribution in [0.2, 0.25) is 18.1 Å². The van der Waals surface area contributed by atoms with E-state index < -0.39 is 96.8 Å². The van der Waals surface area contributed by atoms with Crippen molar-refractivity contribution < 1.29 is 57.5 Å². The maximum absolute atomic E-state index is 14.3. The second-order valence-corrected chi connectivity index (χ2v) is 20.6. The molecule has 0 spiro atoms. The monoisotopic (exact) mass is 744 g/mol. The van der Waals surface area contributed by atoms with Crippen LogP contribution in [0, 0.1) is 16.7 Å². The third-order valence-corrected chi connectivity index (χ3v) is 17.7. The maximum atomic E-state index is 14.3. The summed E-state index contributed by atoms with van der Waals surface area (Å²) in [6, 6.07) is 10.7. The van der Waals surface area contributed by atoms with Gasteiger partial charge in [0.05, 0.1) is 24.2 Å². The van der Waals surface area contributed by atoms with Crippen molar-refractivity contribution in [1.82, 2.24) is 0 Å². The number of carbonyl (C=O) groups is 4. The number of ether oxygens (including phenoxy) is 5. The van der Waals surface area contributed by atoms with E-state index in [0.29, 0.717) is 11.1 Å². The summed E-state index contributed by atoms with van der Waals surface area (Å²) < 4.78 is 38.2. The molecule has 2 bridgehead atoms. The second-order valence-electron chi connectivity index (χ2n) is 15.9. The van der Waals surface area contributed by atoms with Gasteiger partial charge in [-0.25, -0.2) is 4.79 Å². The van der Waals surface area contributed by atoms with E-state index >= 15 is 0 Å². The zero-order valence-corrected chi connectivity index (χ0v) is 33.1. The summed E-state index contributed by atoms with van der Waals surface area (Å²) in [6.07, 6.45) is -7.00. The van der Waals surface area contributed by atoms with Gasteiger partial charge >= 0.3 is 23.9 Å². The summed E-state index contributed by atoms with van der Waals surface area (Å²) in [7, 11) is -2.47. The van der Waals surface area contributed by atoms with Crippen LogP contribution >= 0.6 is 0 Å². The first-order valence-electron chi connectivity index (χ1n) is 18.5. The van der Waals surface area contributed by atoms with Crippen LogP contribution in [0.5, 0.6) is 0 Å². The van der Waals surface area contributed by atoms with Crippen LogP contribution in [-0.2, 0) is 42.5 Å². The highest BCUT2D eigenvalue weighted by atomic mass is 28.4. The van der Waals surface area contributed by atoms with Crippen molar-refractivity contribution in [2.24, 2.45) is 16.7 Å². The minimum atomic E-state index is -2.47. The van der Waals surface area contributed by atoms with Gasteiger partial charge in [0.15, 0.2) is 20.0 Å². The van der Waals surface area contributed by atoms with Gasteiger partial charge in [-0.3, -0.25) is 14.4 Å². The molecule has 1 aliphatic heterocycles. The van der Waals surface area contributed by atoms with E-state index in [1.807, 2.05) is 0 Å². The highest BCUT2D eigenvalue weighted by molar-refractivity contribution is 6.73. The number of hydrogen-bond acceptors (Lipinski definition) is 12. The largest absolute Gasteiger partial charge is 0.458 e. The van der Waals surface area contributed by atoms with Gasteiger partial charge in [0.25, 0.3) is 0 Å². The van der Waals surface area contributed by atoms with Gasteiger partial charge in [0, 0.05) is 44.4 Å². The lowest BCUT2D eigenvalue weighted by molar-refractivity contribution is -0.363. The number of rotatable bonds is 10. The van der Waals surface area contributed by atoms with E-state index in [0.717, 1.165) is 18.1 Å². The SMILES string of the molecule is CC[Si](CC)(CC)OC1CC2OCC2(OC(C)=O)C2C(OC(=O)c3ccccc3)C3(O)CC(OC(C)=O)C(C)=C(C(OC(C)=O)C(O)[C@]12C)C3(C)C. The van der Waals surface area contributed by atoms with Crippen LogP contribution in [0.1, 0.15) is 92.4 Å². The highest BCUT2D eigenvalue weighted by Gasteiger charge is 2.78.